The number of rotatable bonds is 2. The Morgan fingerprint density at radius 1 is 1.00 bits per heavy atom. The van der Waals surface area contributed by atoms with Crippen molar-refractivity contribution in [2.75, 3.05) is 12.4 Å². The molecule has 0 unspecified atom stereocenters. The van der Waals surface area contributed by atoms with Crippen molar-refractivity contribution in [1.29, 1.82) is 0 Å². The molecule has 2 aromatic rings. The SMILES string of the molecule is CN1C(=O)c2ccc(C(=O)Nc3ccc(I)cc3)cc2C1=O. The van der Waals surface area contributed by atoms with Crippen molar-refractivity contribution in [2.24, 2.45) is 0 Å². The van der Waals surface area contributed by atoms with E-state index in [-0.39, 0.29) is 23.3 Å². The van der Waals surface area contributed by atoms with Crippen LogP contribution in [0.4, 0.5) is 5.69 Å². The topological polar surface area (TPSA) is 66.5 Å². The fraction of sp³-hybridized carbons (Fsp3) is 0.0625. The lowest BCUT2D eigenvalue weighted by Crippen LogP contribution is -2.24. The molecular formula is C16H11IN2O3. The van der Waals surface area contributed by atoms with Gasteiger partial charge in [0.15, 0.2) is 0 Å². The van der Waals surface area contributed by atoms with Gasteiger partial charge in [-0.05, 0) is 65.1 Å². The normalized spacial score (nSPS) is 13.3. The van der Waals surface area contributed by atoms with Crippen molar-refractivity contribution in [3.05, 3.63) is 62.7 Å². The van der Waals surface area contributed by atoms with Crippen LogP contribution in [0.25, 0.3) is 0 Å². The molecule has 0 radical (unpaired) electrons. The van der Waals surface area contributed by atoms with Gasteiger partial charge in [-0.2, -0.15) is 0 Å². The van der Waals surface area contributed by atoms with Crippen LogP contribution in [0.5, 0.6) is 0 Å². The highest BCUT2D eigenvalue weighted by molar-refractivity contribution is 14.1. The third-order valence-corrected chi connectivity index (χ3v) is 4.17. The zero-order valence-electron chi connectivity index (χ0n) is 11.6. The Labute approximate surface area is 140 Å². The summed E-state index contributed by atoms with van der Waals surface area (Å²) in [5, 5.41) is 2.76. The Bertz CT molecular complexity index is 800. The lowest BCUT2D eigenvalue weighted by Gasteiger charge is -2.06. The smallest absolute Gasteiger partial charge is 0.261 e. The van der Waals surface area contributed by atoms with E-state index in [9.17, 15) is 14.4 Å². The highest BCUT2D eigenvalue weighted by Gasteiger charge is 2.33. The summed E-state index contributed by atoms with van der Waals surface area (Å²) in [6, 6.07) is 11.9. The molecule has 1 aliphatic rings. The number of hydrogen-bond donors (Lipinski definition) is 1. The molecular weight excluding hydrogens is 395 g/mol. The first-order valence-corrected chi connectivity index (χ1v) is 7.58. The average Bonchev–Trinajstić information content (AvgIpc) is 2.74. The van der Waals surface area contributed by atoms with E-state index in [0.29, 0.717) is 16.8 Å². The number of carbonyl (C=O) groups excluding carboxylic acids is 3. The molecule has 0 saturated carbocycles. The summed E-state index contributed by atoms with van der Waals surface area (Å²) in [5.41, 5.74) is 1.61. The Morgan fingerprint density at radius 2 is 1.64 bits per heavy atom. The Hall–Kier alpha value is -2.22. The van der Waals surface area contributed by atoms with Crippen molar-refractivity contribution < 1.29 is 14.4 Å². The molecule has 0 bridgehead atoms. The van der Waals surface area contributed by atoms with Crippen molar-refractivity contribution >= 4 is 46.0 Å². The van der Waals surface area contributed by atoms with Gasteiger partial charge in [0.05, 0.1) is 11.1 Å². The van der Waals surface area contributed by atoms with E-state index in [0.717, 1.165) is 8.47 Å². The quantitative estimate of drug-likeness (QED) is 0.616. The number of nitrogens with zero attached hydrogens (tertiary/aromatic N) is 1. The Balaban J connectivity index is 1.87. The lowest BCUT2D eigenvalue weighted by atomic mass is 10.1. The van der Waals surface area contributed by atoms with Gasteiger partial charge < -0.3 is 5.32 Å². The monoisotopic (exact) mass is 406 g/mol. The standard InChI is InChI=1S/C16H11IN2O3/c1-19-15(21)12-7-2-9(8-13(12)16(19)22)14(20)18-11-5-3-10(17)4-6-11/h2-8H,1H3,(H,18,20). The Kier molecular flexibility index (Phi) is 3.69. The van der Waals surface area contributed by atoms with Crippen LogP contribution < -0.4 is 5.32 Å². The van der Waals surface area contributed by atoms with Crippen LogP contribution in [-0.4, -0.2) is 29.7 Å². The zero-order valence-corrected chi connectivity index (χ0v) is 13.7. The molecule has 3 rings (SSSR count). The first-order chi connectivity index (χ1) is 10.5. The van der Waals surface area contributed by atoms with Gasteiger partial charge in [-0.1, -0.05) is 0 Å². The highest BCUT2D eigenvalue weighted by Crippen LogP contribution is 2.23. The van der Waals surface area contributed by atoms with Crippen LogP contribution in [0.3, 0.4) is 0 Å². The molecule has 3 amide bonds. The van der Waals surface area contributed by atoms with Gasteiger partial charge in [0.2, 0.25) is 0 Å². The second-order valence-electron chi connectivity index (χ2n) is 4.89. The molecule has 0 fully saturated rings. The van der Waals surface area contributed by atoms with Gasteiger partial charge in [-0.15, -0.1) is 0 Å². The minimum absolute atomic E-state index is 0.266. The van der Waals surface area contributed by atoms with E-state index in [2.05, 4.69) is 27.9 Å². The maximum atomic E-state index is 12.2. The predicted molar refractivity (Wildman–Crippen MR) is 90.0 cm³/mol. The minimum atomic E-state index is -0.385. The van der Waals surface area contributed by atoms with Crippen molar-refractivity contribution in [3.8, 4) is 0 Å². The molecule has 1 heterocycles. The second kappa shape index (κ2) is 5.53. The third-order valence-electron chi connectivity index (χ3n) is 3.45. The number of fused-ring (bicyclic) bond motifs is 1. The van der Waals surface area contributed by atoms with Gasteiger partial charge in [-0.25, -0.2) is 0 Å². The molecule has 2 aromatic carbocycles. The minimum Gasteiger partial charge on any atom is -0.322 e. The van der Waals surface area contributed by atoms with Crippen LogP contribution in [0.1, 0.15) is 31.1 Å². The number of amides is 3. The molecule has 0 spiro atoms. The second-order valence-corrected chi connectivity index (χ2v) is 6.14. The zero-order chi connectivity index (χ0) is 15.9. The first kappa shape index (κ1) is 14.7. The molecule has 5 nitrogen and oxygen atoms in total. The summed E-state index contributed by atoms with van der Waals surface area (Å²) >= 11 is 2.18. The number of benzene rings is 2. The number of halogens is 1. The maximum absolute atomic E-state index is 12.2. The summed E-state index contributed by atoms with van der Waals surface area (Å²) in [5.74, 6) is -1.05. The van der Waals surface area contributed by atoms with Gasteiger partial charge in [-0.3, -0.25) is 19.3 Å². The van der Waals surface area contributed by atoms with Crippen molar-refractivity contribution in [3.63, 3.8) is 0 Å². The van der Waals surface area contributed by atoms with E-state index in [1.54, 1.807) is 18.2 Å². The van der Waals surface area contributed by atoms with E-state index < -0.39 is 0 Å². The predicted octanol–water partition coefficient (Wildman–Crippen LogP) is 2.77. The van der Waals surface area contributed by atoms with Crippen LogP contribution in [0.15, 0.2) is 42.5 Å². The van der Waals surface area contributed by atoms with Crippen molar-refractivity contribution in [2.45, 2.75) is 0 Å². The number of nitrogens with one attached hydrogen (secondary N) is 1. The van der Waals surface area contributed by atoms with E-state index in [1.807, 2.05) is 12.1 Å². The highest BCUT2D eigenvalue weighted by atomic mass is 127. The third kappa shape index (κ3) is 2.50. The van der Waals surface area contributed by atoms with Crippen LogP contribution in [-0.2, 0) is 0 Å². The van der Waals surface area contributed by atoms with Crippen molar-refractivity contribution in [1.82, 2.24) is 4.90 Å². The average molecular weight is 406 g/mol. The number of anilines is 1. The maximum Gasteiger partial charge on any atom is 0.261 e. The molecule has 1 N–H and O–H groups in total. The van der Waals surface area contributed by atoms with Crippen LogP contribution in [0.2, 0.25) is 0 Å². The van der Waals surface area contributed by atoms with E-state index in [1.165, 1.54) is 19.2 Å². The van der Waals surface area contributed by atoms with Gasteiger partial charge in [0, 0.05) is 21.9 Å². The fourth-order valence-electron chi connectivity index (χ4n) is 2.24. The van der Waals surface area contributed by atoms with Gasteiger partial charge >= 0.3 is 0 Å². The molecule has 1 aliphatic heterocycles. The molecule has 6 heteroatoms. The largest absolute Gasteiger partial charge is 0.322 e. The summed E-state index contributed by atoms with van der Waals surface area (Å²) in [6.07, 6.45) is 0. The molecule has 0 aliphatic carbocycles. The number of hydrogen-bond acceptors (Lipinski definition) is 3. The molecule has 0 atom stereocenters. The number of imide groups is 1. The van der Waals surface area contributed by atoms with Gasteiger partial charge in [0.1, 0.15) is 0 Å². The van der Waals surface area contributed by atoms with E-state index >= 15 is 0 Å². The summed E-state index contributed by atoms with van der Waals surface area (Å²) in [6.45, 7) is 0. The molecule has 22 heavy (non-hydrogen) atoms. The molecule has 0 saturated heterocycles. The summed E-state index contributed by atoms with van der Waals surface area (Å²) in [4.78, 5) is 37.1. The first-order valence-electron chi connectivity index (χ1n) is 6.51. The summed E-state index contributed by atoms with van der Waals surface area (Å²) < 4.78 is 1.07. The van der Waals surface area contributed by atoms with Gasteiger partial charge in [0.25, 0.3) is 17.7 Å². The lowest BCUT2D eigenvalue weighted by molar-refractivity contribution is 0.0693. The van der Waals surface area contributed by atoms with Crippen LogP contribution >= 0.6 is 22.6 Å². The van der Waals surface area contributed by atoms with E-state index in [4.69, 9.17) is 0 Å². The van der Waals surface area contributed by atoms with Crippen LogP contribution in [0, 0.1) is 3.57 Å². The molecule has 110 valence electrons. The molecule has 0 aromatic heterocycles. The Morgan fingerprint density at radius 3 is 2.32 bits per heavy atom. The summed E-state index contributed by atoms with van der Waals surface area (Å²) in [7, 11) is 1.43. The number of carbonyl (C=O) groups is 3. The fourth-order valence-corrected chi connectivity index (χ4v) is 2.60.